The van der Waals surface area contributed by atoms with Crippen LogP contribution in [0.3, 0.4) is 0 Å². The van der Waals surface area contributed by atoms with Gasteiger partial charge >= 0.3 is 5.97 Å². The Bertz CT molecular complexity index is 818. The molecule has 3 saturated carbocycles. The molecule has 6 heteroatoms. The summed E-state index contributed by atoms with van der Waals surface area (Å²) in [6, 6.07) is 0. The molecule has 158 valence electrons. The summed E-state index contributed by atoms with van der Waals surface area (Å²) in [6.07, 6.45) is 11.4. The van der Waals surface area contributed by atoms with Crippen LogP contribution in [0, 0.1) is 28.6 Å². The summed E-state index contributed by atoms with van der Waals surface area (Å²) in [5.41, 5.74) is 0.772. The first kappa shape index (κ1) is 19.3. The summed E-state index contributed by atoms with van der Waals surface area (Å²) in [5, 5.41) is 35.3. The van der Waals surface area contributed by atoms with E-state index in [1.165, 1.54) is 5.57 Å². The number of nitrogens with zero attached hydrogens (tertiary/aromatic N) is 1. The highest BCUT2D eigenvalue weighted by Gasteiger charge is 2.67. The zero-order chi connectivity index (χ0) is 20.4. The third-order valence-corrected chi connectivity index (χ3v) is 9.30. The molecule has 6 nitrogen and oxygen atoms in total. The number of carbonyl (C=O) groups excluding carboxylic acids is 1. The Kier molecular flexibility index (Phi) is 4.27. The number of rotatable bonds is 2. The summed E-state index contributed by atoms with van der Waals surface area (Å²) in [4.78, 5) is 11.7. The molecule has 0 aromatic carbocycles. The summed E-state index contributed by atoms with van der Waals surface area (Å²) in [5.74, 6) is 0.236. The third kappa shape index (κ3) is 2.48. The van der Waals surface area contributed by atoms with Gasteiger partial charge in [-0.25, -0.2) is 4.79 Å². The first-order chi connectivity index (χ1) is 13.8. The van der Waals surface area contributed by atoms with Crippen molar-refractivity contribution in [3.05, 3.63) is 23.3 Å². The number of hydrogen-bond acceptors (Lipinski definition) is 6. The topological polar surface area (TPSA) is 99.4 Å². The van der Waals surface area contributed by atoms with Crippen LogP contribution in [0.15, 0.2) is 28.5 Å². The normalized spacial score (nSPS) is 49.1. The average Bonchev–Trinajstić information content (AvgIpc) is 3.23. The van der Waals surface area contributed by atoms with E-state index in [-0.39, 0.29) is 34.6 Å². The Morgan fingerprint density at radius 2 is 2.00 bits per heavy atom. The van der Waals surface area contributed by atoms with Crippen LogP contribution in [0.2, 0.25) is 0 Å². The van der Waals surface area contributed by atoms with E-state index in [1.54, 1.807) is 12.3 Å². The number of allylic oxidation sites excluding steroid dienone is 1. The lowest BCUT2D eigenvalue weighted by Gasteiger charge is -2.61. The largest absolute Gasteiger partial charge is 0.458 e. The lowest BCUT2D eigenvalue weighted by Crippen LogP contribution is -2.61. The molecule has 0 bridgehead atoms. The van der Waals surface area contributed by atoms with Crippen molar-refractivity contribution < 1.29 is 25.0 Å². The Hall–Kier alpha value is -1.66. The maximum Gasteiger partial charge on any atom is 0.331 e. The summed E-state index contributed by atoms with van der Waals surface area (Å²) in [7, 11) is 0. The lowest BCUT2D eigenvalue weighted by atomic mass is 9.44. The molecule has 3 N–H and O–H groups in total. The van der Waals surface area contributed by atoms with Crippen molar-refractivity contribution in [2.75, 3.05) is 6.61 Å². The molecule has 29 heavy (non-hydrogen) atoms. The smallest absolute Gasteiger partial charge is 0.331 e. The minimum absolute atomic E-state index is 0.121. The van der Waals surface area contributed by atoms with Crippen molar-refractivity contribution in [3.63, 3.8) is 0 Å². The van der Waals surface area contributed by atoms with Gasteiger partial charge in [0.05, 0.1) is 17.9 Å². The minimum Gasteiger partial charge on any atom is -0.458 e. The molecular formula is C23H31NO5. The highest BCUT2D eigenvalue weighted by atomic mass is 16.5. The molecule has 0 unspecified atom stereocenters. The maximum absolute atomic E-state index is 12.2. The fraction of sp³-hybridized carbons (Fsp3) is 0.739. The number of fused-ring (bicyclic) bond motifs is 5. The SMILES string of the molecule is C[C@]12CC[C@H]3[C@H](CCC4=C[C@H](O)CC[C@@]43/C=N/O)[C@]1(O)CC[C@@H]2C1=CC(=O)OC1. The summed E-state index contributed by atoms with van der Waals surface area (Å²) < 4.78 is 5.18. The van der Waals surface area contributed by atoms with E-state index in [0.717, 1.165) is 50.5 Å². The molecule has 0 saturated heterocycles. The van der Waals surface area contributed by atoms with E-state index < -0.39 is 11.7 Å². The van der Waals surface area contributed by atoms with Crippen molar-refractivity contribution in [2.24, 2.45) is 33.7 Å². The molecule has 5 rings (SSSR count). The molecule has 1 heterocycles. The second-order valence-corrected chi connectivity index (χ2v) is 10.1. The second kappa shape index (κ2) is 6.42. The zero-order valence-electron chi connectivity index (χ0n) is 17.0. The molecular weight excluding hydrogens is 370 g/mol. The van der Waals surface area contributed by atoms with Crippen LogP contribution < -0.4 is 0 Å². The quantitative estimate of drug-likeness (QED) is 0.217. The number of aliphatic hydroxyl groups excluding tert-OH is 1. The highest BCUT2D eigenvalue weighted by Crippen LogP contribution is 2.69. The minimum atomic E-state index is -0.801. The summed E-state index contributed by atoms with van der Waals surface area (Å²) >= 11 is 0. The van der Waals surface area contributed by atoms with Gasteiger partial charge in [0, 0.05) is 16.9 Å². The van der Waals surface area contributed by atoms with Crippen LogP contribution in [0.25, 0.3) is 0 Å². The van der Waals surface area contributed by atoms with Crippen LogP contribution in [0.5, 0.6) is 0 Å². The van der Waals surface area contributed by atoms with Gasteiger partial charge in [0.25, 0.3) is 0 Å². The fourth-order valence-electron chi connectivity index (χ4n) is 7.92. The van der Waals surface area contributed by atoms with Crippen LogP contribution in [0.4, 0.5) is 0 Å². The molecule has 0 aromatic heterocycles. The highest BCUT2D eigenvalue weighted by molar-refractivity contribution is 5.85. The maximum atomic E-state index is 12.2. The number of hydrogen-bond donors (Lipinski definition) is 3. The van der Waals surface area contributed by atoms with Crippen molar-refractivity contribution in [3.8, 4) is 0 Å². The lowest BCUT2D eigenvalue weighted by molar-refractivity contribution is -0.175. The van der Waals surface area contributed by atoms with Gasteiger partial charge < -0.3 is 20.2 Å². The molecule has 1 aliphatic heterocycles. The van der Waals surface area contributed by atoms with Gasteiger partial charge in [0.15, 0.2) is 0 Å². The Morgan fingerprint density at radius 3 is 2.72 bits per heavy atom. The number of cyclic esters (lactones) is 1. The first-order valence-electron chi connectivity index (χ1n) is 11.0. The fourth-order valence-corrected chi connectivity index (χ4v) is 7.92. The molecule has 7 atom stereocenters. The van der Waals surface area contributed by atoms with Crippen molar-refractivity contribution in [1.82, 2.24) is 0 Å². The number of ether oxygens (including phenoxy) is 1. The van der Waals surface area contributed by atoms with Gasteiger partial charge in [-0.2, -0.15) is 0 Å². The number of esters is 1. The predicted octanol–water partition coefficient (Wildman–Crippen LogP) is 2.96. The Labute approximate surface area is 171 Å². The Morgan fingerprint density at radius 1 is 1.17 bits per heavy atom. The molecule has 5 aliphatic rings. The van der Waals surface area contributed by atoms with Gasteiger partial charge in [-0.15, -0.1) is 5.16 Å². The predicted molar refractivity (Wildman–Crippen MR) is 106 cm³/mol. The van der Waals surface area contributed by atoms with Gasteiger partial charge in [0.1, 0.15) is 6.61 Å². The molecule has 3 fully saturated rings. The van der Waals surface area contributed by atoms with Crippen LogP contribution in [-0.4, -0.2) is 45.9 Å². The number of oxime groups is 1. The first-order valence-corrected chi connectivity index (χ1v) is 11.0. The van der Waals surface area contributed by atoms with E-state index >= 15 is 0 Å². The van der Waals surface area contributed by atoms with Gasteiger partial charge in [-0.1, -0.05) is 18.6 Å². The van der Waals surface area contributed by atoms with E-state index in [2.05, 4.69) is 12.1 Å². The Balaban J connectivity index is 1.53. The number of aliphatic hydroxyl groups is 2. The van der Waals surface area contributed by atoms with Gasteiger partial charge in [-0.05, 0) is 74.7 Å². The molecule has 4 aliphatic carbocycles. The monoisotopic (exact) mass is 401 g/mol. The van der Waals surface area contributed by atoms with Crippen LogP contribution in [-0.2, 0) is 9.53 Å². The van der Waals surface area contributed by atoms with Crippen LogP contribution in [0.1, 0.15) is 58.3 Å². The standard InChI is InChI=1S/C23H31NO5/c1-21-7-5-18-19(3-2-15-11-16(25)4-8-22(15,18)13-24-28)23(21,27)9-6-17(21)14-10-20(26)29-12-14/h10-11,13,16-19,25,27-28H,2-9,12H2,1H3/b24-13+/t16-,17-,18+,19+,21-,22-,23-/m1/s1. The zero-order valence-corrected chi connectivity index (χ0v) is 17.0. The van der Waals surface area contributed by atoms with E-state index in [4.69, 9.17) is 4.74 Å². The molecule has 0 radical (unpaired) electrons. The number of carbonyl (C=O) groups is 1. The van der Waals surface area contributed by atoms with E-state index in [1.807, 2.05) is 6.08 Å². The van der Waals surface area contributed by atoms with Gasteiger partial charge in [0.2, 0.25) is 0 Å². The van der Waals surface area contributed by atoms with Crippen molar-refractivity contribution in [2.45, 2.75) is 70.0 Å². The van der Waals surface area contributed by atoms with Gasteiger partial charge in [-0.3, -0.25) is 0 Å². The molecule has 0 amide bonds. The van der Waals surface area contributed by atoms with Crippen molar-refractivity contribution >= 4 is 12.2 Å². The third-order valence-electron chi connectivity index (χ3n) is 9.30. The second-order valence-electron chi connectivity index (χ2n) is 10.1. The van der Waals surface area contributed by atoms with E-state index in [9.17, 15) is 20.2 Å². The van der Waals surface area contributed by atoms with Crippen LogP contribution >= 0.6 is 0 Å². The summed E-state index contributed by atoms with van der Waals surface area (Å²) in [6.45, 7) is 2.56. The molecule has 0 spiro atoms. The average molecular weight is 402 g/mol. The van der Waals surface area contributed by atoms with E-state index in [0.29, 0.717) is 13.0 Å². The molecule has 0 aromatic rings. The van der Waals surface area contributed by atoms with Crippen molar-refractivity contribution in [1.29, 1.82) is 0 Å².